The van der Waals surface area contributed by atoms with Gasteiger partial charge in [-0.05, 0) is 52.5 Å². The molecule has 1 atom stereocenters. The van der Waals surface area contributed by atoms with Gasteiger partial charge in [0.15, 0.2) is 0 Å². The van der Waals surface area contributed by atoms with Gasteiger partial charge in [0.05, 0.1) is 13.2 Å². The van der Waals surface area contributed by atoms with Crippen molar-refractivity contribution in [3.63, 3.8) is 0 Å². The second-order valence-electron chi connectivity index (χ2n) is 9.19. The lowest BCUT2D eigenvalue weighted by Gasteiger charge is -2.26. The van der Waals surface area contributed by atoms with E-state index in [4.69, 9.17) is 4.74 Å². The zero-order chi connectivity index (χ0) is 23.9. The molecule has 1 unspecified atom stereocenters. The number of thiophene rings is 1. The van der Waals surface area contributed by atoms with Crippen molar-refractivity contribution in [3.8, 4) is 0 Å². The molecule has 5 nitrogen and oxygen atoms in total. The summed E-state index contributed by atoms with van der Waals surface area (Å²) in [6.45, 7) is 6.12. The molecule has 1 aliphatic heterocycles. The number of hydrogen-bond donors (Lipinski definition) is 1. The maximum atomic E-state index is 13.1. The second kappa shape index (κ2) is 11.7. The number of hydrogen-bond acceptors (Lipinski definition) is 4. The van der Waals surface area contributed by atoms with Gasteiger partial charge in [0, 0.05) is 55.6 Å². The van der Waals surface area contributed by atoms with Crippen molar-refractivity contribution in [1.82, 2.24) is 14.8 Å². The maximum absolute atomic E-state index is 13.1. The van der Waals surface area contributed by atoms with Crippen LogP contribution < -0.4 is 5.32 Å². The number of amides is 1. The first-order chi connectivity index (χ1) is 17.3. The molecule has 1 aliphatic rings. The highest BCUT2D eigenvalue weighted by Crippen LogP contribution is 2.36. The van der Waals surface area contributed by atoms with Crippen LogP contribution in [0.25, 0.3) is 10.9 Å². The molecule has 1 saturated heterocycles. The van der Waals surface area contributed by atoms with Gasteiger partial charge < -0.3 is 14.6 Å². The standard InChI is InChI=1S/C29H33N3O2S/c33-29(30-12-6-13-31-14-16-34-17-15-31)19-26(24-11-18-35-22-24)27-21-32(20-23-7-2-1-3-8-23)28-10-5-4-9-25(27)28/h1-5,7-11,18,21-22,26H,6,12-17,19-20H2,(H,30,33). The molecule has 0 saturated carbocycles. The summed E-state index contributed by atoms with van der Waals surface area (Å²) < 4.78 is 7.74. The van der Waals surface area contributed by atoms with Crippen LogP contribution in [0.5, 0.6) is 0 Å². The molecule has 2 aromatic heterocycles. The number of rotatable bonds is 10. The molecular formula is C29H33N3O2S. The third kappa shape index (κ3) is 6.01. The minimum atomic E-state index is 0.0300. The van der Waals surface area contributed by atoms with Gasteiger partial charge in [-0.3, -0.25) is 9.69 Å². The summed E-state index contributed by atoms with van der Waals surface area (Å²) in [5, 5.41) is 8.68. The quantitative estimate of drug-likeness (QED) is 0.316. The fourth-order valence-electron chi connectivity index (χ4n) is 4.96. The van der Waals surface area contributed by atoms with Gasteiger partial charge in [0.25, 0.3) is 0 Å². The molecule has 4 aromatic rings. The first-order valence-corrected chi connectivity index (χ1v) is 13.4. The van der Waals surface area contributed by atoms with Crippen molar-refractivity contribution in [2.45, 2.75) is 25.3 Å². The van der Waals surface area contributed by atoms with E-state index in [0.29, 0.717) is 13.0 Å². The average Bonchev–Trinajstić information content (AvgIpc) is 3.56. The summed E-state index contributed by atoms with van der Waals surface area (Å²) in [5.41, 5.74) is 4.90. The Balaban J connectivity index is 1.32. The summed E-state index contributed by atoms with van der Waals surface area (Å²) >= 11 is 1.69. The molecule has 35 heavy (non-hydrogen) atoms. The van der Waals surface area contributed by atoms with Crippen LogP contribution in [0.1, 0.15) is 35.4 Å². The van der Waals surface area contributed by atoms with E-state index in [1.807, 2.05) is 0 Å². The minimum absolute atomic E-state index is 0.0300. The Kier molecular flexibility index (Phi) is 7.93. The molecule has 1 amide bonds. The lowest BCUT2D eigenvalue weighted by molar-refractivity contribution is -0.121. The van der Waals surface area contributed by atoms with Crippen LogP contribution in [-0.2, 0) is 16.1 Å². The summed E-state index contributed by atoms with van der Waals surface area (Å²) in [7, 11) is 0. The highest BCUT2D eigenvalue weighted by Gasteiger charge is 2.23. The van der Waals surface area contributed by atoms with Crippen LogP contribution in [0, 0.1) is 0 Å². The monoisotopic (exact) mass is 487 g/mol. The Labute approximate surface area is 211 Å². The maximum Gasteiger partial charge on any atom is 0.220 e. The minimum Gasteiger partial charge on any atom is -0.379 e. The number of nitrogens with one attached hydrogen (secondary N) is 1. The average molecular weight is 488 g/mol. The van der Waals surface area contributed by atoms with Crippen LogP contribution in [-0.4, -0.2) is 54.8 Å². The van der Waals surface area contributed by atoms with E-state index < -0.39 is 0 Å². The Morgan fingerprint density at radius 3 is 2.63 bits per heavy atom. The van der Waals surface area contributed by atoms with E-state index in [-0.39, 0.29) is 11.8 Å². The summed E-state index contributed by atoms with van der Waals surface area (Å²) in [4.78, 5) is 15.5. The molecule has 5 rings (SSSR count). The predicted octanol–water partition coefficient (Wildman–Crippen LogP) is 5.11. The van der Waals surface area contributed by atoms with Gasteiger partial charge in [-0.1, -0.05) is 48.5 Å². The highest BCUT2D eigenvalue weighted by atomic mass is 32.1. The van der Waals surface area contributed by atoms with Crippen LogP contribution >= 0.6 is 11.3 Å². The fourth-order valence-corrected chi connectivity index (χ4v) is 5.67. The van der Waals surface area contributed by atoms with Crippen molar-refractivity contribution in [2.24, 2.45) is 0 Å². The van der Waals surface area contributed by atoms with Crippen molar-refractivity contribution in [1.29, 1.82) is 0 Å². The summed E-state index contributed by atoms with van der Waals surface area (Å²) in [6, 6.07) is 21.2. The van der Waals surface area contributed by atoms with Crippen LogP contribution in [0.2, 0.25) is 0 Å². The summed E-state index contributed by atoms with van der Waals surface area (Å²) in [6.07, 6.45) is 3.67. The third-order valence-corrected chi connectivity index (χ3v) is 7.50. The van der Waals surface area contributed by atoms with E-state index in [2.05, 4.69) is 92.4 Å². The van der Waals surface area contributed by atoms with Crippen LogP contribution in [0.4, 0.5) is 0 Å². The number of morpholine rings is 1. The molecule has 182 valence electrons. The predicted molar refractivity (Wildman–Crippen MR) is 143 cm³/mol. The molecule has 1 N–H and O–H groups in total. The number of benzene rings is 2. The van der Waals surface area contributed by atoms with Gasteiger partial charge in [0.1, 0.15) is 0 Å². The topological polar surface area (TPSA) is 46.5 Å². The number of fused-ring (bicyclic) bond motifs is 1. The largest absolute Gasteiger partial charge is 0.379 e. The number of aromatic nitrogens is 1. The highest BCUT2D eigenvalue weighted by molar-refractivity contribution is 7.08. The molecule has 2 aromatic carbocycles. The molecule has 6 heteroatoms. The first-order valence-electron chi connectivity index (χ1n) is 12.5. The van der Waals surface area contributed by atoms with Crippen molar-refractivity contribution >= 4 is 28.1 Å². The lowest BCUT2D eigenvalue weighted by atomic mass is 9.89. The molecule has 0 bridgehead atoms. The lowest BCUT2D eigenvalue weighted by Crippen LogP contribution is -2.38. The van der Waals surface area contributed by atoms with Gasteiger partial charge in [-0.2, -0.15) is 11.3 Å². The second-order valence-corrected chi connectivity index (χ2v) is 9.97. The number of carbonyl (C=O) groups is 1. The Morgan fingerprint density at radius 1 is 1.03 bits per heavy atom. The Morgan fingerprint density at radius 2 is 1.83 bits per heavy atom. The number of carbonyl (C=O) groups excluding carboxylic acids is 1. The Hall–Kier alpha value is -2.93. The zero-order valence-electron chi connectivity index (χ0n) is 20.1. The molecule has 0 radical (unpaired) electrons. The van der Waals surface area contributed by atoms with E-state index in [1.165, 1.54) is 27.6 Å². The van der Waals surface area contributed by atoms with Crippen molar-refractivity contribution in [2.75, 3.05) is 39.4 Å². The third-order valence-electron chi connectivity index (χ3n) is 6.80. The normalized spacial score (nSPS) is 15.3. The fraction of sp³-hybridized carbons (Fsp3) is 0.345. The zero-order valence-corrected chi connectivity index (χ0v) is 20.9. The number of para-hydroxylation sites is 1. The Bertz CT molecular complexity index is 1210. The van der Waals surface area contributed by atoms with Gasteiger partial charge in [0.2, 0.25) is 5.91 Å². The van der Waals surface area contributed by atoms with E-state index >= 15 is 0 Å². The van der Waals surface area contributed by atoms with E-state index in [0.717, 1.165) is 45.8 Å². The van der Waals surface area contributed by atoms with Crippen LogP contribution in [0.15, 0.2) is 77.6 Å². The SMILES string of the molecule is O=C(CC(c1ccsc1)c1cn(Cc2ccccc2)c2ccccc12)NCCCN1CCOCC1. The van der Waals surface area contributed by atoms with Crippen molar-refractivity contribution in [3.05, 3.63) is 94.3 Å². The first kappa shape index (κ1) is 23.8. The van der Waals surface area contributed by atoms with E-state index in [1.54, 1.807) is 11.3 Å². The van der Waals surface area contributed by atoms with Crippen LogP contribution in [0.3, 0.4) is 0 Å². The molecule has 0 aliphatic carbocycles. The van der Waals surface area contributed by atoms with Crippen molar-refractivity contribution < 1.29 is 9.53 Å². The number of nitrogens with zero attached hydrogens (tertiary/aromatic N) is 2. The number of ether oxygens (including phenoxy) is 1. The molecule has 1 fully saturated rings. The molecule has 0 spiro atoms. The molecular weight excluding hydrogens is 454 g/mol. The molecule has 3 heterocycles. The van der Waals surface area contributed by atoms with Gasteiger partial charge in [-0.15, -0.1) is 0 Å². The van der Waals surface area contributed by atoms with Gasteiger partial charge >= 0.3 is 0 Å². The van der Waals surface area contributed by atoms with Gasteiger partial charge in [-0.25, -0.2) is 0 Å². The smallest absolute Gasteiger partial charge is 0.220 e. The van der Waals surface area contributed by atoms with E-state index in [9.17, 15) is 4.79 Å². The summed E-state index contributed by atoms with van der Waals surface area (Å²) in [5.74, 6) is 0.144.